The lowest BCUT2D eigenvalue weighted by Gasteiger charge is -2.44. The molecule has 6 rings (SSSR count). The van der Waals surface area contributed by atoms with Crippen LogP contribution in [0.1, 0.15) is 30.5 Å². The first-order valence-corrected chi connectivity index (χ1v) is 16.3. The summed E-state index contributed by atoms with van der Waals surface area (Å²) in [6.45, 7) is 5.81. The number of aromatic nitrogens is 2. The second-order valence-electron chi connectivity index (χ2n) is 11.0. The highest BCUT2D eigenvalue weighted by atomic mass is 32.3. The van der Waals surface area contributed by atoms with Crippen molar-refractivity contribution in [3.63, 3.8) is 0 Å². The first kappa shape index (κ1) is 28.4. The van der Waals surface area contributed by atoms with Crippen LogP contribution in [0.2, 0.25) is 0 Å². The average Bonchev–Trinajstić information content (AvgIpc) is 3.69. The number of hydrogen-bond donors (Lipinski definition) is 2. The number of imidazole rings is 1. The van der Waals surface area contributed by atoms with Crippen molar-refractivity contribution in [2.75, 3.05) is 26.2 Å². The van der Waals surface area contributed by atoms with Gasteiger partial charge in [-0.05, 0) is 43.0 Å². The summed E-state index contributed by atoms with van der Waals surface area (Å²) in [5, 5.41) is 15.8. The number of hydrogen-bond acceptors (Lipinski definition) is 8. The molecule has 3 aliphatic heterocycles. The van der Waals surface area contributed by atoms with Crippen molar-refractivity contribution in [1.82, 2.24) is 24.3 Å². The van der Waals surface area contributed by atoms with Crippen LogP contribution in [0, 0.1) is 5.82 Å². The molecular weight excluding hydrogens is 563 g/mol. The molecule has 4 atom stereocenters. The Hall–Kier alpha value is -2.74. The molecule has 0 bridgehead atoms. The number of nitrogens with two attached hydrogens (primary N) is 1. The molecule has 2 aromatic carbocycles. The number of halogens is 1. The lowest BCUT2D eigenvalue weighted by atomic mass is 9.98. The Morgan fingerprint density at radius 1 is 1.12 bits per heavy atom. The fraction of sp³-hybridized carbons (Fsp3) is 0.414. The van der Waals surface area contributed by atoms with E-state index >= 15 is 0 Å². The summed E-state index contributed by atoms with van der Waals surface area (Å²) in [7, 11) is -3.88. The van der Waals surface area contributed by atoms with Crippen LogP contribution in [0.5, 0.6) is 0 Å². The lowest BCUT2D eigenvalue weighted by Crippen LogP contribution is -2.55. The zero-order valence-corrected chi connectivity index (χ0v) is 24.5. The van der Waals surface area contributed by atoms with E-state index in [0.717, 1.165) is 54.9 Å². The molecule has 12 heteroatoms. The highest BCUT2D eigenvalue weighted by molar-refractivity contribution is 8.18. The van der Waals surface area contributed by atoms with Gasteiger partial charge in [0.2, 0.25) is 10.0 Å². The minimum absolute atomic E-state index is 0.157. The molecule has 0 saturated carbocycles. The highest BCUT2D eigenvalue weighted by Crippen LogP contribution is 2.44. The minimum Gasteiger partial charge on any atom is -0.392 e. The minimum atomic E-state index is -3.88. The quantitative estimate of drug-likeness (QED) is 0.407. The number of primary sulfonamides is 1. The number of aliphatic hydroxyl groups excluding tert-OH is 1. The van der Waals surface area contributed by atoms with Gasteiger partial charge >= 0.3 is 0 Å². The third-order valence-electron chi connectivity index (χ3n) is 8.35. The second kappa shape index (κ2) is 11.5. The van der Waals surface area contributed by atoms with E-state index in [-0.39, 0.29) is 33.7 Å². The van der Waals surface area contributed by atoms with Crippen molar-refractivity contribution in [2.45, 2.75) is 50.0 Å². The van der Waals surface area contributed by atoms with E-state index in [4.69, 9.17) is 5.14 Å². The third-order valence-corrected chi connectivity index (χ3v) is 11.1. The summed E-state index contributed by atoms with van der Waals surface area (Å²) in [5.74, 6) is -0.249. The van der Waals surface area contributed by atoms with Gasteiger partial charge in [-0.3, -0.25) is 9.80 Å². The molecule has 0 spiro atoms. The lowest BCUT2D eigenvalue weighted by molar-refractivity contribution is 0.0451. The molecule has 0 aliphatic carbocycles. The summed E-state index contributed by atoms with van der Waals surface area (Å²) in [5.41, 5.74) is 3.82. The maximum Gasteiger partial charge on any atom is 0.245 e. The molecule has 41 heavy (non-hydrogen) atoms. The van der Waals surface area contributed by atoms with Gasteiger partial charge in [0.1, 0.15) is 15.6 Å². The van der Waals surface area contributed by atoms with Crippen LogP contribution in [-0.4, -0.2) is 81.6 Å². The van der Waals surface area contributed by atoms with Gasteiger partial charge in [0.15, 0.2) is 0 Å². The van der Waals surface area contributed by atoms with Crippen molar-refractivity contribution >= 4 is 21.8 Å². The van der Waals surface area contributed by atoms with Gasteiger partial charge in [0, 0.05) is 50.5 Å². The van der Waals surface area contributed by atoms with Gasteiger partial charge in [-0.1, -0.05) is 48.2 Å². The third kappa shape index (κ3) is 5.95. The number of benzene rings is 2. The molecule has 9 nitrogen and oxygen atoms in total. The molecule has 1 aromatic heterocycles. The maximum atomic E-state index is 13.4. The monoisotopic (exact) mass is 598 g/mol. The van der Waals surface area contributed by atoms with Crippen LogP contribution in [0.4, 0.5) is 4.39 Å². The van der Waals surface area contributed by atoms with Crippen molar-refractivity contribution in [3.05, 3.63) is 88.4 Å². The van der Waals surface area contributed by atoms with Crippen molar-refractivity contribution in [1.29, 1.82) is 0 Å². The van der Waals surface area contributed by atoms with E-state index in [1.807, 2.05) is 24.7 Å². The fourth-order valence-electron chi connectivity index (χ4n) is 6.21. The molecule has 3 aliphatic rings. The second-order valence-corrected chi connectivity index (χ2v) is 13.9. The van der Waals surface area contributed by atoms with Gasteiger partial charge in [0.25, 0.3) is 0 Å². The summed E-state index contributed by atoms with van der Waals surface area (Å²) >= 11 is 1.28. The first-order valence-electron chi connectivity index (χ1n) is 13.9. The van der Waals surface area contributed by atoms with Gasteiger partial charge in [-0.2, -0.15) is 0 Å². The summed E-state index contributed by atoms with van der Waals surface area (Å²) < 4.78 is 40.6. The SMILES string of the molecule is C[C@H](c1ccccc1-c1cncn1CCc1ccc(F)cc1)N1C=C(S(N)(=O)=O)SC1N1CCN2C[C@H](O)C[C@H]2C1. The molecule has 0 radical (unpaired) electrons. The standard InChI is InChI=1S/C29H35FN6O3S2/c1-20(36-18-28(41(31,38)39)40-29(36)34-13-12-33-17-24(37)14-23(33)16-34)25-4-2-3-5-26(25)27-15-32-19-35(27)11-10-21-6-8-22(30)9-7-21/h2-9,15,18-20,23-24,29,37H,10-14,16-17H2,1H3,(H2,31,38,39)/t20-,23+,24-,29?/m1/s1. The van der Waals surface area contributed by atoms with E-state index < -0.39 is 10.0 Å². The average molecular weight is 599 g/mol. The molecule has 4 heterocycles. The molecule has 2 fully saturated rings. The Labute approximate surface area is 244 Å². The normalized spacial score (nSPS) is 24.4. The van der Waals surface area contributed by atoms with Crippen molar-refractivity contribution in [3.8, 4) is 11.3 Å². The Kier molecular flexibility index (Phi) is 7.96. The molecule has 2 saturated heterocycles. The van der Waals surface area contributed by atoms with Crippen LogP contribution in [0.3, 0.4) is 0 Å². The smallest absolute Gasteiger partial charge is 0.245 e. The number of nitrogens with zero attached hydrogens (tertiary/aromatic N) is 5. The summed E-state index contributed by atoms with van der Waals surface area (Å²) in [6, 6.07) is 14.8. The van der Waals surface area contributed by atoms with Gasteiger partial charge < -0.3 is 14.6 Å². The Balaban J connectivity index is 1.28. The van der Waals surface area contributed by atoms with E-state index in [2.05, 4.69) is 43.3 Å². The zero-order valence-electron chi connectivity index (χ0n) is 22.9. The Bertz CT molecular complexity index is 1530. The predicted molar refractivity (Wildman–Crippen MR) is 158 cm³/mol. The van der Waals surface area contributed by atoms with Crippen LogP contribution >= 0.6 is 11.8 Å². The molecule has 3 aromatic rings. The number of rotatable bonds is 8. The summed E-state index contributed by atoms with van der Waals surface area (Å²) in [4.78, 5) is 11.2. The largest absolute Gasteiger partial charge is 0.392 e. The number of aryl methyl sites for hydroxylation is 2. The number of sulfonamides is 1. The molecule has 0 amide bonds. The molecule has 3 N–H and O–H groups in total. The fourth-order valence-corrected chi connectivity index (χ4v) is 8.37. The molecular formula is C29H35FN6O3S2. The van der Waals surface area contributed by atoms with Crippen molar-refractivity contribution in [2.24, 2.45) is 5.14 Å². The van der Waals surface area contributed by atoms with Crippen LogP contribution < -0.4 is 5.14 Å². The van der Waals surface area contributed by atoms with Gasteiger partial charge in [-0.25, -0.2) is 22.9 Å². The van der Waals surface area contributed by atoms with Crippen LogP contribution in [-0.2, 0) is 23.0 Å². The van der Waals surface area contributed by atoms with E-state index in [0.29, 0.717) is 13.1 Å². The first-order chi connectivity index (χ1) is 19.7. The topological polar surface area (TPSA) is 108 Å². The van der Waals surface area contributed by atoms with E-state index in [1.165, 1.54) is 23.9 Å². The maximum absolute atomic E-state index is 13.4. The number of piperazine rings is 1. The number of aliphatic hydroxyl groups is 1. The Morgan fingerprint density at radius 2 is 1.88 bits per heavy atom. The van der Waals surface area contributed by atoms with Crippen LogP contribution in [0.15, 0.2) is 71.5 Å². The van der Waals surface area contributed by atoms with Gasteiger partial charge in [-0.15, -0.1) is 0 Å². The predicted octanol–water partition coefficient (Wildman–Crippen LogP) is 3.16. The molecule has 1 unspecified atom stereocenters. The molecule has 218 valence electrons. The van der Waals surface area contributed by atoms with E-state index in [9.17, 15) is 17.9 Å². The van der Waals surface area contributed by atoms with E-state index in [1.54, 1.807) is 18.3 Å². The highest BCUT2D eigenvalue weighted by Gasteiger charge is 2.43. The number of fused-ring (bicyclic) bond motifs is 1. The van der Waals surface area contributed by atoms with Gasteiger partial charge in [0.05, 0.1) is 30.4 Å². The number of thioether (sulfide) groups is 1. The van der Waals surface area contributed by atoms with Crippen molar-refractivity contribution < 1.29 is 17.9 Å². The Morgan fingerprint density at radius 3 is 2.66 bits per heavy atom. The van der Waals surface area contributed by atoms with Crippen LogP contribution in [0.25, 0.3) is 11.3 Å². The zero-order chi connectivity index (χ0) is 28.7. The summed E-state index contributed by atoms with van der Waals surface area (Å²) in [6.07, 6.45) is 6.49.